The molecule has 2 rings (SSSR count). The summed E-state index contributed by atoms with van der Waals surface area (Å²) in [6.45, 7) is 3.43. The summed E-state index contributed by atoms with van der Waals surface area (Å²) in [5.74, 6) is -1.00. The molecule has 1 heterocycles. The van der Waals surface area contributed by atoms with Crippen molar-refractivity contribution >= 4 is 11.9 Å². The maximum absolute atomic E-state index is 12.1. The van der Waals surface area contributed by atoms with E-state index in [0.717, 1.165) is 6.07 Å². The number of nitrogens with zero attached hydrogens (tertiary/aromatic N) is 2. The van der Waals surface area contributed by atoms with Crippen LogP contribution in [0.5, 0.6) is 5.75 Å². The van der Waals surface area contributed by atoms with Gasteiger partial charge in [0.1, 0.15) is 11.6 Å². The smallest absolute Gasteiger partial charge is 0.335 e. The fraction of sp³-hybridized carbons (Fsp3) is 0.231. The van der Waals surface area contributed by atoms with Gasteiger partial charge in [0, 0.05) is 5.56 Å². The Labute approximate surface area is 119 Å². The number of carbonyl (C=O) groups excluding carboxylic acids is 1. The molecule has 0 spiro atoms. The van der Waals surface area contributed by atoms with Gasteiger partial charge in [0.05, 0.1) is 11.6 Å². The zero-order chi connectivity index (χ0) is 15.6. The zero-order valence-electron chi connectivity index (χ0n) is 11.4. The van der Waals surface area contributed by atoms with Crippen LogP contribution < -0.4 is 5.32 Å². The van der Waals surface area contributed by atoms with Gasteiger partial charge >= 0.3 is 5.97 Å². The lowest BCUT2D eigenvalue weighted by molar-refractivity contribution is 0.0696. The second kappa shape index (κ2) is 5.61. The highest BCUT2D eigenvalue weighted by atomic mass is 16.4. The standard InChI is InChI=1S/C13H14N4O4/c1-6(11-15-7(2)16-17-11)14-12(19)8-3-9(13(20)21)5-10(18)4-8/h3-6,18H,1-2H3,(H,14,19)(H,20,21)(H,15,16,17). The molecular weight excluding hydrogens is 276 g/mol. The second-order valence-corrected chi connectivity index (χ2v) is 4.55. The molecule has 0 aliphatic rings. The number of hydrogen-bond acceptors (Lipinski definition) is 5. The molecule has 1 unspecified atom stereocenters. The van der Waals surface area contributed by atoms with Crippen molar-refractivity contribution in [2.75, 3.05) is 0 Å². The minimum Gasteiger partial charge on any atom is -0.508 e. The van der Waals surface area contributed by atoms with E-state index in [-0.39, 0.29) is 16.9 Å². The summed E-state index contributed by atoms with van der Waals surface area (Å²) in [5, 5.41) is 27.6. The van der Waals surface area contributed by atoms with Crippen LogP contribution in [0.2, 0.25) is 0 Å². The molecule has 4 N–H and O–H groups in total. The highest BCUT2D eigenvalue weighted by Crippen LogP contribution is 2.17. The van der Waals surface area contributed by atoms with Crippen molar-refractivity contribution in [3.63, 3.8) is 0 Å². The van der Waals surface area contributed by atoms with Crippen LogP contribution in [0, 0.1) is 6.92 Å². The van der Waals surface area contributed by atoms with Crippen molar-refractivity contribution in [1.29, 1.82) is 0 Å². The number of nitrogens with one attached hydrogen (secondary N) is 2. The van der Waals surface area contributed by atoms with Gasteiger partial charge in [-0.2, -0.15) is 5.10 Å². The summed E-state index contributed by atoms with van der Waals surface area (Å²) in [5.41, 5.74) is -0.118. The lowest BCUT2D eigenvalue weighted by Crippen LogP contribution is -2.27. The fourth-order valence-corrected chi connectivity index (χ4v) is 1.76. The van der Waals surface area contributed by atoms with Crippen molar-refractivity contribution in [3.05, 3.63) is 41.0 Å². The van der Waals surface area contributed by atoms with Gasteiger partial charge < -0.3 is 15.5 Å². The normalized spacial score (nSPS) is 11.9. The average molecular weight is 290 g/mol. The number of amides is 1. The number of carboxylic acid groups (broad SMARTS) is 1. The Balaban J connectivity index is 2.18. The van der Waals surface area contributed by atoms with E-state index in [4.69, 9.17) is 5.11 Å². The first-order valence-corrected chi connectivity index (χ1v) is 6.14. The first kappa shape index (κ1) is 14.5. The van der Waals surface area contributed by atoms with E-state index in [0.29, 0.717) is 11.6 Å². The molecule has 0 aliphatic carbocycles. The highest BCUT2D eigenvalue weighted by Gasteiger charge is 2.17. The summed E-state index contributed by atoms with van der Waals surface area (Å²) in [7, 11) is 0. The van der Waals surface area contributed by atoms with E-state index in [1.807, 2.05) is 0 Å². The van der Waals surface area contributed by atoms with Gasteiger partial charge in [-0.25, -0.2) is 9.78 Å². The van der Waals surface area contributed by atoms with Crippen LogP contribution in [-0.4, -0.2) is 37.3 Å². The lowest BCUT2D eigenvalue weighted by atomic mass is 10.1. The van der Waals surface area contributed by atoms with E-state index in [1.54, 1.807) is 13.8 Å². The van der Waals surface area contributed by atoms with E-state index < -0.39 is 17.9 Å². The number of hydrogen-bond donors (Lipinski definition) is 4. The predicted molar refractivity (Wildman–Crippen MR) is 72.1 cm³/mol. The summed E-state index contributed by atoms with van der Waals surface area (Å²) in [4.78, 5) is 27.1. The number of phenolic OH excluding ortho intramolecular Hbond substituents is 1. The largest absolute Gasteiger partial charge is 0.508 e. The van der Waals surface area contributed by atoms with E-state index in [1.165, 1.54) is 12.1 Å². The van der Waals surface area contributed by atoms with Crippen molar-refractivity contribution in [2.45, 2.75) is 19.9 Å². The average Bonchev–Trinajstić information content (AvgIpc) is 2.84. The number of H-pyrrole nitrogens is 1. The molecule has 2 aromatic rings. The third-order valence-corrected chi connectivity index (χ3v) is 2.78. The molecule has 0 saturated heterocycles. The van der Waals surface area contributed by atoms with Gasteiger partial charge in [-0.05, 0) is 32.0 Å². The van der Waals surface area contributed by atoms with Crippen LogP contribution in [0.1, 0.15) is 45.3 Å². The van der Waals surface area contributed by atoms with Crippen LogP contribution >= 0.6 is 0 Å². The number of benzene rings is 1. The summed E-state index contributed by atoms with van der Waals surface area (Å²) in [6.07, 6.45) is 0. The summed E-state index contributed by atoms with van der Waals surface area (Å²) >= 11 is 0. The molecule has 0 bridgehead atoms. The van der Waals surface area contributed by atoms with Crippen LogP contribution in [-0.2, 0) is 0 Å². The molecule has 21 heavy (non-hydrogen) atoms. The molecule has 0 aliphatic heterocycles. The van der Waals surface area contributed by atoms with Crippen molar-refractivity contribution in [2.24, 2.45) is 0 Å². The second-order valence-electron chi connectivity index (χ2n) is 4.55. The Hall–Kier alpha value is -2.90. The fourth-order valence-electron chi connectivity index (χ4n) is 1.76. The number of aryl methyl sites for hydroxylation is 1. The summed E-state index contributed by atoms with van der Waals surface area (Å²) in [6, 6.07) is 2.99. The molecule has 1 atom stereocenters. The molecule has 110 valence electrons. The number of aromatic hydroxyl groups is 1. The number of carbonyl (C=O) groups is 2. The first-order valence-electron chi connectivity index (χ1n) is 6.14. The zero-order valence-corrected chi connectivity index (χ0v) is 11.4. The minimum atomic E-state index is -1.22. The maximum atomic E-state index is 12.1. The Kier molecular flexibility index (Phi) is 3.88. The number of carboxylic acids is 1. The monoisotopic (exact) mass is 290 g/mol. The van der Waals surface area contributed by atoms with Crippen LogP contribution in [0.25, 0.3) is 0 Å². The Morgan fingerprint density at radius 3 is 2.52 bits per heavy atom. The Morgan fingerprint density at radius 1 is 1.29 bits per heavy atom. The molecule has 1 amide bonds. The number of aromatic nitrogens is 3. The molecule has 0 radical (unpaired) electrons. The van der Waals surface area contributed by atoms with Crippen LogP contribution in [0.3, 0.4) is 0 Å². The molecule has 0 fully saturated rings. The lowest BCUT2D eigenvalue weighted by Gasteiger charge is -2.11. The van der Waals surface area contributed by atoms with Gasteiger partial charge in [-0.3, -0.25) is 9.89 Å². The molecular formula is C13H14N4O4. The Bertz CT molecular complexity index is 695. The molecule has 1 aromatic heterocycles. The van der Waals surface area contributed by atoms with Crippen molar-refractivity contribution < 1.29 is 19.8 Å². The van der Waals surface area contributed by atoms with Gasteiger partial charge in [0.25, 0.3) is 5.91 Å². The van der Waals surface area contributed by atoms with E-state index in [9.17, 15) is 14.7 Å². The molecule has 8 nitrogen and oxygen atoms in total. The first-order chi connectivity index (χ1) is 9.86. The topological polar surface area (TPSA) is 128 Å². The SMILES string of the molecule is Cc1nc(C(C)NC(=O)c2cc(O)cc(C(=O)O)c2)n[nH]1. The molecule has 8 heteroatoms. The van der Waals surface area contributed by atoms with Gasteiger partial charge in [0.15, 0.2) is 5.82 Å². The maximum Gasteiger partial charge on any atom is 0.335 e. The van der Waals surface area contributed by atoms with E-state index >= 15 is 0 Å². The molecule has 0 saturated carbocycles. The summed E-state index contributed by atoms with van der Waals surface area (Å²) < 4.78 is 0. The third kappa shape index (κ3) is 3.35. The quantitative estimate of drug-likeness (QED) is 0.665. The minimum absolute atomic E-state index is 0.0477. The van der Waals surface area contributed by atoms with Gasteiger partial charge in [-0.1, -0.05) is 0 Å². The van der Waals surface area contributed by atoms with Crippen molar-refractivity contribution in [3.8, 4) is 5.75 Å². The number of aromatic amines is 1. The van der Waals surface area contributed by atoms with Gasteiger partial charge in [-0.15, -0.1) is 0 Å². The van der Waals surface area contributed by atoms with Gasteiger partial charge in [0.2, 0.25) is 0 Å². The van der Waals surface area contributed by atoms with Crippen LogP contribution in [0.4, 0.5) is 0 Å². The third-order valence-electron chi connectivity index (χ3n) is 2.78. The van der Waals surface area contributed by atoms with Crippen LogP contribution in [0.15, 0.2) is 18.2 Å². The molecule has 1 aromatic carbocycles. The van der Waals surface area contributed by atoms with E-state index in [2.05, 4.69) is 20.5 Å². The number of phenols is 1. The highest BCUT2D eigenvalue weighted by molar-refractivity contribution is 5.98. The Morgan fingerprint density at radius 2 is 1.95 bits per heavy atom. The predicted octanol–water partition coefficient (Wildman–Crippen LogP) is 1.01. The van der Waals surface area contributed by atoms with Crippen molar-refractivity contribution in [1.82, 2.24) is 20.5 Å². The number of aromatic carboxylic acids is 1. The number of rotatable bonds is 4.